The Morgan fingerprint density at radius 3 is 2.19 bits per heavy atom. The van der Waals surface area contributed by atoms with Crippen LogP contribution in [0.5, 0.6) is 0 Å². The minimum Gasteiger partial charge on any atom is -0.380 e. The summed E-state index contributed by atoms with van der Waals surface area (Å²) in [4.78, 5) is 82.8. The molecule has 4 aliphatic heterocycles. The normalized spacial score (nSPS) is 22.8. The van der Waals surface area contributed by atoms with Gasteiger partial charge in [-0.25, -0.2) is 35.3 Å². The average molecular weight is 1550 g/mol. The number of thioether (sulfide) groups is 1. The third kappa shape index (κ3) is 18.8. The lowest BCUT2D eigenvalue weighted by Gasteiger charge is -2.60. The summed E-state index contributed by atoms with van der Waals surface area (Å²) in [6.45, 7) is 22.7. The molecule has 1 spiro atoms. The van der Waals surface area contributed by atoms with Gasteiger partial charge in [-0.15, -0.1) is 23.1 Å². The third-order valence-electron chi connectivity index (χ3n) is 22.8. The summed E-state index contributed by atoms with van der Waals surface area (Å²) in [5.41, 5.74) is -0.768. The van der Waals surface area contributed by atoms with Crippen molar-refractivity contribution in [2.45, 2.75) is 196 Å². The van der Waals surface area contributed by atoms with Crippen LogP contribution in [0.1, 0.15) is 159 Å². The number of hydrogen-bond acceptors (Lipinski definition) is 16. The first kappa shape index (κ1) is 80.3. The Morgan fingerprint density at radius 2 is 1.56 bits per heavy atom. The second-order valence-corrected chi connectivity index (χ2v) is 37.8. The molecule has 11 rings (SSSR count). The number of nitrogens with one attached hydrogen (secondary N) is 4. The van der Waals surface area contributed by atoms with Crippen LogP contribution >= 0.6 is 23.1 Å². The number of allylic oxidation sites excluding steroid dienone is 4. The van der Waals surface area contributed by atoms with E-state index in [2.05, 4.69) is 67.7 Å². The number of aromatic nitrogens is 1. The Hall–Kier alpha value is -6.72. The van der Waals surface area contributed by atoms with Gasteiger partial charge < -0.3 is 35.6 Å². The van der Waals surface area contributed by atoms with Gasteiger partial charge in [-0.2, -0.15) is 13.2 Å². The maximum atomic E-state index is 14.6. The summed E-state index contributed by atoms with van der Waals surface area (Å²) in [5.74, 6) is -1.55. The lowest BCUT2D eigenvalue weighted by Crippen LogP contribution is -2.72. The number of rotatable bonds is 30. The van der Waals surface area contributed by atoms with E-state index in [4.69, 9.17) is 0 Å². The number of carbonyl (C=O) groups excluding carboxylic acids is 5. The number of benzene rings is 3. The fourth-order valence-electron chi connectivity index (χ4n) is 16.2. The van der Waals surface area contributed by atoms with E-state index in [0.717, 1.165) is 71.1 Å². The summed E-state index contributed by atoms with van der Waals surface area (Å²) in [7, 11) is -11.1. The quantitative estimate of drug-likeness (QED) is 0.0165. The van der Waals surface area contributed by atoms with Crippen LogP contribution in [0, 0.1) is 40.4 Å². The summed E-state index contributed by atoms with van der Waals surface area (Å²) < 4.78 is 129. The van der Waals surface area contributed by atoms with Gasteiger partial charge in [0.15, 0.2) is 0 Å². The largest absolute Gasteiger partial charge is 0.501 e. The van der Waals surface area contributed by atoms with E-state index in [1.165, 1.54) is 35.0 Å². The molecule has 106 heavy (non-hydrogen) atoms. The lowest BCUT2D eigenvalue weighted by atomic mass is 9.72. The van der Waals surface area contributed by atoms with E-state index in [1.54, 1.807) is 28.4 Å². The van der Waals surface area contributed by atoms with Crippen LogP contribution in [0.2, 0.25) is 0 Å². The van der Waals surface area contributed by atoms with Gasteiger partial charge in [0, 0.05) is 136 Å². The highest BCUT2D eigenvalue weighted by molar-refractivity contribution is 7.99. The van der Waals surface area contributed by atoms with Crippen LogP contribution in [-0.4, -0.2) is 185 Å². The number of carbonyl (C=O) groups is 5. The number of thiazole rings is 1. The Kier molecular flexibility index (Phi) is 24.9. The number of hydrogen-bond donors (Lipinski definition) is 4. The summed E-state index contributed by atoms with van der Waals surface area (Å²) >= 11 is 3.01. The molecule has 5 heterocycles. The zero-order valence-electron chi connectivity index (χ0n) is 62.0. The molecule has 19 nitrogen and oxygen atoms in total. The second kappa shape index (κ2) is 32.8. The minimum absolute atomic E-state index is 0.00681. The van der Waals surface area contributed by atoms with Crippen LogP contribution in [0.3, 0.4) is 0 Å². The molecule has 7 atom stereocenters. The van der Waals surface area contributed by atoms with E-state index in [9.17, 15) is 62.8 Å². The number of aryl methyl sites for hydroxylation is 1. The van der Waals surface area contributed by atoms with Crippen molar-refractivity contribution in [1.82, 2.24) is 39.9 Å². The number of alkyl halides is 5. The molecule has 578 valence electrons. The zero-order valence-corrected chi connectivity index (χ0v) is 65.3. The van der Waals surface area contributed by atoms with Crippen molar-refractivity contribution in [1.29, 1.82) is 0 Å². The molecular weight excluding hydrogens is 1440 g/mol. The molecule has 1 saturated carbocycles. The summed E-state index contributed by atoms with van der Waals surface area (Å²) in [6, 6.07) is 15.5. The molecule has 3 aromatic carbocycles. The third-order valence-corrected chi connectivity index (χ3v) is 27.8. The molecule has 0 radical (unpaired) electrons. The molecule has 4 saturated heterocycles. The maximum absolute atomic E-state index is 14.6. The van der Waals surface area contributed by atoms with E-state index >= 15 is 0 Å². The summed E-state index contributed by atoms with van der Waals surface area (Å²) in [5, 5.41) is 9.19. The van der Waals surface area contributed by atoms with Crippen LogP contribution < -0.4 is 25.6 Å². The number of sulfonamides is 1. The predicted molar refractivity (Wildman–Crippen MR) is 404 cm³/mol. The molecule has 0 bridgehead atoms. The summed E-state index contributed by atoms with van der Waals surface area (Å²) in [6.07, 6.45) is 12.2. The van der Waals surface area contributed by atoms with Crippen molar-refractivity contribution in [3.05, 3.63) is 124 Å². The molecule has 1 aromatic heterocycles. The van der Waals surface area contributed by atoms with Crippen molar-refractivity contribution in [3.8, 4) is 0 Å². The van der Waals surface area contributed by atoms with Crippen LogP contribution in [-0.2, 0) is 39.0 Å². The first-order valence-electron chi connectivity index (χ1n) is 37.3. The Labute approximate surface area is 629 Å². The number of sulfone groups is 1. The topological polar surface area (TPSA) is 231 Å². The molecule has 5 fully saturated rings. The SMILES string of the molecule is CCC1(C(F)F)CC1C1=C(CN2CCN(c3ccc(C(=O)NS(=O)(=O)c4ccc(NC(CCN5CC6(C5)CN(C(=O)CCCCCC(=O)NC(C(=O)N5CCCC5C(=O)NC(C)C5C=CC(c7scnc7C)=CC5)C(C)(C)C)C6)CSc5ccccc5)c(S(=O)(=O)C(F)(F)F)c4)cc3)CC2)CCC(C)(C)C1. The van der Waals surface area contributed by atoms with Gasteiger partial charge >= 0.3 is 5.51 Å². The molecule has 28 heteroatoms. The van der Waals surface area contributed by atoms with E-state index in [0.29, 0.717) is 129 Å². The van der Waals surface area contributed by atoms with Crippen molar-refractivity contribution in [2.24, 2.45) is 33.5 Å². The first-order chi connectivity index (χ1) is 50.1. The maximum Gasteiger partial charge on any atom is 0.501 e. The van der Waals surface area contributed by atoms with Crippen LogP contribution in [0.4, 0.5) is 33.3 Å². The molecule has 3 aliphatic carbocycles. The fraction of sp³-hybridized carbons (Fsp3) is 0.590. The number of likely N-dealkylation sites (tertiary alicyclic amines) is 3. The molecule has 4 aromatic rings. The highest BCUT2D eigenvalue weighted by atomic mass is 32.2. The van der Waals surface area contributed by atoms with Crippen molar-refractivity contribution in [2.75, 3.05) is 88.0 Å². The Balaban J connectivity index is 0.629. The fourth-order valence-corrected chi connectivity index (χ4v) is 20.1. The van der Waals surface area contributed by atoms with Crippen molar-refractivity contribution < 1.29 is 62.8 Å². The van der Waals surface area contributed by atoms with Gasteiger partial charge in [0.2, 0.25) is 30.1 Å². The highest BCUT2D eigenvalue weighted by Crippen LogP contribution is 2.65. The lowest BCUT2D eigenvalue weighted by molar-refractivity contribution is -0.159. The van der Waals surface area contributed by atoms with Gasteiger partial charge in [-0.3, -0.25) is 28.9 Å². The first-order valence-corrected chi connectivity index (χ1v) is 42.1. The zero-order chi connectivity index (χ0) is 76.3. The number of unbranched alkanes of at least 4 members (excludes halogenated alkanes) is 2. The van der Waals surface area contributed by atoms with Gasteiger partial charge in [-0.05, 0) is 161 Å². The Morgan fingerprint density at radius 1 is 0.849 bits per heavy atom. The monoisotopic (exact) mass is 1550 g/mol. The average Bonchev–Trinajstić information content (AvgIpc) is 1.52. The number of nitrogens with zero attached hydrogens (tertiary/aromatic N) is 6. The number of amides is 5. The Bertz CT molecular complexity index is 4180. The minimum atomic E-state index is -6.18. The smallest absolute Gasteiger partial charge is 0.380 e. The van der Waals surface area contributed by atoms with Crippen LogP contribution in [0.15, 0.2) is 122 Å². The predicted octanol–water partition coefficient (Wildman–Crippen LogP) is 12.9. The van der Waals surface area contributed by atoms with E-state index in [-0.39, 0.29) is 70.1 Å². The highest BCUT2D eigenvalue weighted by Gasteiger charge is 2.61. The van der Waals surface area contributed by atoms with Gasteiger partial charge in [-0.1, -0.05) is 95.5 Å². The number of halogens is 5. The molecule has 4 N–H and O–H groups in total. The van der Waals surface area contributed by atoms with Crippen LogP contribution in [0.25, 0.3) is 5.57 Å². The van der Waals surface area contributed by atoms with Crippen molar-refractivity contribution in [3.63, 3.8) is 0 Å². The van der Waals surface area contributed by atoms with E-state index < -0.39 is 82.1 Å². The molecule has 5 amide bonds. The number of piperazine rings is 1. The van der Waals surface area contributed by atoms with E-state index in [1.807, 2.05) is 87.0 Å². The number of anilines is 2. The molecule has 7 aliphatic rings. The van der Waals surface area contributed by atoms with Gasteiger partial charge in [0.25, 0.3) is 25.8 Å². The standard InChI is InChI=1S/C78H103F5N10O9S4/c1-9-77(73(79)80)43-62(77)61-42-75(7,8)34-32-56(61)44-89-37-39-91(40-38-89)58-28-26-55(27-29-58)70(96)88-106(101,102)60-30-31-63(65(41-60)105(99,100)78(81,82)83)86-57(45-103-59-17-12-10-13-18-59)33-36-90-46-76(47-90)48-92(49-76)67(95)21-15-11-14-20-66(94)87-69(74(4,5)6)72(98)93-35-16-19-64(93)71(97)85-51(2)53-22-24-54(25-23-53)68-52(3)84-50-104-68/h10,12-13,17-18,22,24-31,41,50-51,53,57,62,64,69,73,86H,9,11,14-16,19-21,23,32-40,42-49H2,1-8H3,(H,85,97)(H,87,94)(H,88,96). The van der Waals surface area contributed by atoms with Gasteiger partial charge in [0.1, 0.15) is 17.0 Å². The second-order valence-electron chi connectivity index (χ2n) is 32.3. The molecule has 7 unspecified atom stereocenters. The molecular formula is C78H103F5N10O9S4. The van der Waals surface area contributed by atoms with Crippen molar-refractivity contribution >= 4 is 89.4 Å². The van der Waals surface area contributed by atoms with Gasteiger partial charge in [0.05, 0.1) is 26.7 Å².